The van der Waals surface area contributed by atoms with Crippen LogP contribution in [0.4, 0.5) is 4.39 Å². The molecule has 0 unspecified atom stereocenters. The van der Waals surface area contributed by atoms with Crippen molar-refractivity contribution in [3.63, 3.8) is 0 Å². The lowest BCUT2D eigenvalue weighted by Crippen LogP contribution is -2.57. The molecule has 1 aromatic carbocycles. The molecule has 1 saturated carbocycles. The van der Waals surface area contributed by atoms with Crippen LogP contribution < -0.4 is 0 Å². The van der Waals surface area contributed by atoms with Gasteiger partial charge in [-0.2, -0.15) is 0 Å². The van der Waals surface area contributed by atoms with Gasteiger partial charge in [0.2, 0.25) is 5.91 Å². The molecule has 0 spiro atoms. The van der Waals surface area contributed by atoms with E-state index in [4.69, 9.17) is 4.74 Å². The molecular weight excluding hydrogens is 347 g/mol. The van der Waals surface area contributed by atoms with Crippen molar-refractivity contribution in [3.8, 4) is 0 Å². The van der Waals surface area contributed by atoms with Gasteiger partial charge in [-0.05, 0) is 36.3 Å². The number of carbonyl (C=O) groups is 2. The zero-order chi connectivity index (χ0) is 19.6. The first-order chi connectivity index (χ1) is 12.7. The number of rotatable bonds is 3. The van der Waals surface area contributed by atoms with Crippen LogP contribution in [0.25, 0.3) is 10.9 Å². The number of nitrogens with one attached hydrogen (secondary N) is 1. The molecule has 1 amide bonds. The lowest BCUT2D eigenvalue weighted by atomic mass is 9.48. The Hall–Kier alpha value is -2.37. The number of nitrogens with zero attached hydrogens (tertiary/aromatic N) is 1. The molecular formula is C21H25FN2O3. The number of carbonyl (C=O) groups excluding carboxylic acids is 2. The maximum Gasteiger partial charge on any atom is 0.314 e. The number of esters is 1. The van der Waals surface area contributed by atoms with Gasteiger partial charge in [0.15, 0.2) is 0 Å². The fourth-order valence-electron chi connectivity index (χ4n) is 5.42. The molecule has 1 aromatic heterocycles. The summed E-state index contributed by atoms with van der Waals surface area (Å²) in [6, 6.07) is 4.89. The number of aromatic nitrogens is 1. The van der Waals surface area contributed by atoms with Gasteiger partial charge < -0.3 is 14.6 Å². The van der Waals surface area contributed by atoms with Crippen molar-refractivity contribution >= 4 is 22.8 Å². The number of ether oxygens (including phenoxy) is 1. The summed E-state index contributed by atoms with van der Waals surface area (Å²) < 4.78 is 19.1. The van der Waals surface area contributed by atoms with E-state index in [0.717, 1.165) is 23.1 Å². The van der Waals surface area contributed by atoms with E-state index < -0.39 is 5.41 Å². The van der Waals surface area contributed by atoms with E-state index in [2.05, 4.69) is 18.8 Å². The summed E-state index contributed by atoms with van der Waals surface area (Å²) in [6.45, 7) is 7.10. The quantitative estimate of drug-likeness (QED) is 0.842. The smallest absolute Gasteiger partial charge is 0.314 e. The third kappa shape index (κ3) is 2.49. The van der Waals surface area contributed by atoms with Crippen LogP contribution in [0.5, 0.6) is 0 Å². The van der Waals surface area contributed by atoms with Crippen LogP contribution in [0.15, 0.2) is 18.2 Å². The number of methoxy groups -OCH3 is 1. The summed E-state index contributed by atoms with van der Waals surface area (Å²) in [5.74, 6) is -0.452. The molecule has 144 valence electrons. The van der Waals surface area contributed by atoms with Crippen molar-refractivity contribution in [1.82, 2.24) is 9.88 Å². The Kier molecular flexibility index (Phi) is 3.88. The lowest BCUT2D eigenvalue weighted by molar-refractivity contribution is -0.174. The van der Waals surface area contributed by atoms with Crippen molar-refractivity contribution in [2.24, 2.45) is 16.7 Å². The molecule has 0 radical (unpaired) electrons. The molecule has 4 rings (SSSR count). The molecule has 2 atom stereocenters. The van der Waals surface area contributed by atoms with Gasteiger partial charge in [0.05, 0.1) is 24.5 Å². The van der Waals surface area contributed by atoms with E-state index >= 15 is 0 Å². The number of H-pyrrole nitrogens is 1. The number of para-hydroxylation sites is 1. The van der Waals surface area contributed by atoms with E-state index in [1.807, 2.05) is 13.0 Å². The van der Waals surface area contributed by atoms with Crippen LogP contribution in [0.1, 0.15) is 31.5 Å². The van der Waals surface area contributed by atoms with Gasteiger partial charge in [-0.25, -0.2) is 4.39 Å². The largest absolute Gasteiger partial charge is 0.469 e. The van der Waals surface area contributed by atoms with E-state index in [1.54, 1.807) is 11.0 Å². The van der Waals surface area contributed by atoms with Crippen LogP contribution in [-0.2, 0) is 20.7 Å². The SMILES string of the molecule is COC(=O)[C@@]12CN(C(=O)Cc3c(C)[nH]c4c(F)cccc34)C[C@@H]1C(C)(C)C2. The summed E-state index contributed by atoms with van der Waals surface area (Å²) in [5.41, 5.74) is 1.50. The minimum absolute atomic E-state index is 0.0169. The second-order valence-corrected chi connectivity index (χ2v) is 8.71. The van der Waals surface area contributed by atoms with Gasteiger partial charge in [-0.1, -0.05) is 26.0 Å². The van der Waals surface area contributed by atoms with Crippen molar-refractivity contribution in [2.75, 3.05) is 20.2 Å². The van der Waals surface area contributed by atoms with E-state index in [1.165, 1.54) is 13.2 Å². The number of benzene rings is 1. The molecule has 1 saturated heterocycles. The fraction of sp³-hybridized carbons (Fsp3) is 0.524. The number of aryl methyl sites for hydroxylation is 1. The molecule has 1 N–H and O–H groups in total. The van der Waals surface area contributed by atoms with Gasteiger partial charge >= 0.3 is 5.97 Å². The second kappa shape index (κ2) is 5.81. The van der Waals surface area contributed by atoms with Crippen molar-refractivity contribution < 1.29 is 18.7 Å². The van der Waals surface area contributed by atoms with Crippen LogP contribution in [0.3, 0.4) is 0 Å². The van der Waals surface area contributed by atoms with Gasteiger partial charge in [0, 0.05) is 24.2 Å². The number of amides is 1. The van der Waals surface area contributed by atoms with Gasteiger partial charge in [0.25, 0.3) is 0 Å². The highest BCUT2D eigenvalue weighted by molar-refractivity contribution is 5.91. The van der Waals surface area contributed by atoms with Gasteiger partial charge in [0.1, 0.15) is 5.82 Å². The first kappa shape index (κ1) is 18.0. The Morgan fingerprint density at radius 3 is 2.78 bits per heavy atom. The molecule has 27 heavy (non-hydrogen) atoms. The second-order valence-electron chi connectivity index (χ2n) is 8.71. The third-order valence-electron chi connectivity index (χ3n) is 6.63. The Morgan fingerprint density at radius 1 is 1.37 bits per heavy atom. The highest BCUT2D eigenvalue weighted by atomic mass is 19.1. The average Bonchev–Trinajstić information content (AvgIpc) is 3.12. The average molecular weight is 372 g/mol. The number of fused-ring (bicyclic) bond motifs is 2. The standard InChI is InChI=1S/C21H25FN2O3/c1-12-14(13-6-5-7-15(22)18(13)23-12)8-17(25)24-9-16-20(2,3)10-21(16,11-24)19(26)27-4/h5-7,16,23H,8-11H2,1-4H3/t16-,21+/m1/s1. The summed E-state index contributed by atoms with van der Waals surface area (Å²) in [5, 5.41) is 0.742. The number of aromatic amines is 1. The monoisotopic (exact) mass is 372 g/mol. The lowest BCUT2D eigenvalue weighted by Gasteiger charge is -2.54. The normalized spacial score (nSPS) is 26.0. The molecule has 1 aliphatic carbocycles. The molecule has 1 aliphatic heterocycles. The van der Waals surface area contributed by atoms with E-state index in [-0.39, 0.29) is 35.4 Å². The van der Waals surface area contributed by atoms with E-state index in [0.29, 0.717) is 18.6 Å². The Morgan fingerprint density at radius 2 is 2.11 bits per heavy atom. The zero-order valence-corrected chi connectivity index (χ0v) is 16.2. The van der Waals surface area contributed by atoms with Gasteiger partial charge in [-0.15, -0.1) is 0 Å². The van der Waals surface area contributed by atoms with Crippen LogP contribution in [-0.4, -0.2) is 42.0 Å². The predicted molar refractivity (Wildman–Crippen MR) is 99.6 cm³/mol. The highest BCUT2D eigenvalue weighted by Gasteiger charge is 2.67. The van der Waals surface area contributed by atoms with Gasteiger partial charge in [-0.3, -0.25) is 9.59 Å². The summed E-state index contributed by atoms with van der Waals surface area (Å²) >= 11 is 0. The Bertz CT molecular complexity index is 948. The topological polar surface area (TPSA) is 62.4 Å². The summed E-state index contributed by atoms with van der Waals surface area (Å²) in [7, 11) is 1.41. The van der Waals surface area contributed by atoms with E-state index in [9.17, 15) is 14.0 Å². The van der Waals surface area contributed by atoms with Crippen molar-refractivity contribution in [3.05, 3.63) is 35.3 Å². The summed E-state index contributed by atoms with van der Waals surface area (Å²) in [6.07, 6.45) is 0.929. The third-order valence-corrected chi connectivity index (χ3v) is 6.63. The molecule has 2 aromatic rings. The van der Waals surface area contributed by atoms with Crippen molar-refractivity contribution in [1.29, 1.82) is 0 Å². The molecule has 2 aliphatic rings. The Labute approximate surface area is 157 Å². The summed E-state index contributed by atoms with van der Waals surface area (Å²) in [4.78, 5) is 30.3. The fourth-order valence-corrected chi connectivity index (χ4v) is 5.42. The first-order valence-electron chi connectivity index (χ1n) is 9.31. The van der Waals surface area contributed by atoms with Crippen LogP contribution >= 0.6 is 0 Å². The number of halogens is 1. The van der Waals surface area contributed by atoms with Crippen LogP contribution in [0.2, 0.25) is 0 Å². The Balaban J connectivity index is 1.59. The molecule has 0 bridgehead atoms. The predicted octanol–water partition coefficient (Wildman–Crippen LogP) is 3.21. The molecule has 2 fully saturated rings. The maximum absolute atomic E-state index is 14.0. The van der Waals surface area contributed by atoms with Crippen molar-refractivity contribution in [2.45, 2.75) is 33.6 Å². The number of likely N-dealkylation sites (tertiary alicyclic amines) is 1. The number of hydrogen-bond donors (Lipinski definition) is 1. The first-order valence-corrected chi connectivity index (χ1v) is 9.31. The minimum atomic E-state index is -0.574. The zero-order valence-electron chi connectivity index (χ0n) is 16.2. The molecule has 6 heteroatoms. The number of hydrogen-bond acceptors (Lipinski definition) is 3. The minimum Gasteiger partial charge on any atom is -0.469 e. The highest BCUT2D eigenvalue weighted by Crippen LogP contribution is 2.63. The molecule has 2 heterocycles. The molecule has 5 nitrogen and oxygen atoms in total. The maximum atomic E-state index is 14.0. The van der Waals surface area contributed by atoms with Crippen LogP contribution in [0, 0.1) is 29.5 Å².